The highest BCUT2D eigenvalue weighted by Gasteiger charge is 2.15. The van der Waals surface area contributed by atoms with Crippen molar-refractivity contribution < 1.29 is 4.79 Å². The number of carbonyl (C=O) groups excluding carboxylic acids is 1. The number of nitrogens with zero attached hydrogens (tertiary/aromatic N) is 2. The van der Waals surface area contributed by atoms with Gasteiger partial charge in [-0.2, -0.15) is 0 Å². The number of aryl methyl sites for hydroxylation is 2. The Balaban J connectivity index is 1.62. The molecule has 4 rings (SSSR count). The molecule has 0 aliphatic carbocycles. The summed E-state index contributed by atoms with van der Waals surface area (Å²) in [5, 5.41) is 4.55. The van der Waals surface area contributed by atoms with Gasteiger partial charge < -0.3 is 5.32 Å². The minimum absolute atomic E-state index is 0.135. The summed E-state index contributed by atoms with van der Waals surface area (Å²) >= 11 is 7.25. The van der Waals surface area contributed by atoms with Crippen LogP contribution in [-0.4, -0.2) is 21.2 Å². The predicted molar refractivity (Wildman–Crippen MR) is 131 cm³/mol. The van der Waals surface area contributed by atoms with Crippen LogP contribution in [0.5, 0.6) is 0 Å². The standard InChI is InChI=1S/C25H22ClN3O2S/c1-16-10-17(2)12-20(11-16)29-24(31)21-8-3-4-9-22(21)28-25(29)32-15-23(30)27-14-18-6-5-7-19(26)13-18/h3-13H,14-15H2,1-2H3,(H,27,30). The molecular formula is C25H22ClN3O2S. The first kappa shape index (κ1) is 22.1. The number of nitrogens with one attached hydrogen (secondary N) is 1. The second-order valence-corrected chi connectivity index (χ2v) is 8.97. The van der Waals surface area contributed by atoms with Crippen LogP contribution in [0.15, 0.2) is 76.7 Å². The monoisotopic (exact) mass is 463 g/mol. The van der Waals surface area contributed by atoms with E-state index in [9.17, 15) is 9.59 Å². The molecule has 1 amide bonds. The minimum Gasteiger partial charge on any atom is -0.351 e. The molecule has 0 atom stereocenters. The van der Waals surface area contributed by atoms with Crippen LogP contribution >= 0.6 is 23.4 Å². The zero-order chi connectivity index (χ0) is 22.7. The molecule has 162 valence electrons. The Hall–Kier alpha value is -3.09. The Bertz CT molecular complexity index is 1350. The first-order valence-corrected chi connectivity index (χ1v) is 11.5. The van der Waals surface area contributed by atoms with E-state index < -0.39 is 0 Å². The van der Waals surface area contributed by atoms with Crippen molar-refractivity contribution in [2.24, 2.45) is 0 Å². The lowest BCUT2D eigenvalue weighted by atomic mass is 10.1. The van der Waals surface area contributed by atoms with Crippen molar-refractivity contribution in [1.82, 2.24) is 14.9 Å². The summed E-state index contributed by atoms with van der Waals surface area (Å²) in [6.45, 7) is 4.37. The van der Waals surface area contributed by atoms with Crippen molar-refractivity contribution in [3.63, 3.8) is 0 Å². The summed E-state index contributed by atoms with van der Waals surface area (Å²) in [6, 6.07) is 20.6. The van der Waals surface area contributed by atoms with Gasteiger partial charge in [-0.1, -0.05) is 53.7 Å². The van der Waals surface area contributed by atoms with Gasteiger partial charge in [-0.3, -0.25) is 14.2 Å². The van der Waals surface area contributed by atoms with E-state index in [0.29, 0.717) is 27.6 Å². The van der Waals surface area contributed by atoms with Crippen LogP contribution in [0.4, 0.5) is 0 Å². The predicted octanol–water partition coefficient (Wildman–Crippen LogP) is 5.06. The maximum atomic E-state index is 13.4. The zero-order valence-electron chi connectivity index (χ0n) is 17.8. The maximum absolute atomic E-state index is 13.4. The molecule has 0 saturated heterocycles. The fourth-order valence-corrected chi connectivity index (χ4v) is 4.60. The fraction of sp³-hybridized carbons (Fsp3) is 0.160. The van der Waals surface area contributed by atoms with E-state index in [1.54, 1.807) is 16.7 Å². The number of aromatic nitrogens is 2. The molecular weight excluding hydrogens is 442 g/mol. The molecule has 0 radical (unpaired) electrons. The second kappa shape index (κ2) is 9.59. The lowest BCUT2D eigenvalue weighted by Gasteiger charge is -2.14. The maximum Gasteiger partial charge on any atom is 0.266 e. The lowest BCUT2D eigenvalue weighted by Crippen LogP contribution is -2.26. The highest BCUT2D eigenvalue weighted by Crippen LogP contribution is 2.22. The highest BCUT2D eigenvalue weighted by atomic mass is 35.5. The van der Waals surface area contributed by atoms with Gasteiger partial charge in [0.25, 0.3) is 5.56 Å². The van der Waals surface area contributed by atoms with E-state index in [1.807, 2.05) is 62.4 Å². The molecule has 0 aliphatic rings. The van der Waals surface area contributed by atoms with E-state index in [1.165, 1.54) is 11.8 Å². The molecule has 0 aliphatic heterocycles. The van der Waals surface area contributed by atoms with Gasteiger partial charge in [-0.05, 0) is 66.9 Å². The highest BCUT2D eigenvalue weighted by molar-refractivity contribution is 7.99. The van der Waals surface area contributed by atoms with Gasteiger partial charge in [0.05, 0.1) is 22.3 Å². The minimum atomic E-state index is -0.151. The van der Waals surface area contributed by atoms with Crippen LogP contribution < -0.4 is 10.9 Å². The molecule has 5 nitrogen and oxygen atoms in total. The summed E-state index contributed by atoms with van der Waals surface area (Å²) in [7, 11) is 0. The van der Waals surface area contributed by atoms with E-state index in [2.05, 4.69) is 11.4 Å². The van der Waals surface area contributed by atoms with Gasteiger partial charge in [0.2, 0.25) is 5.91 Å². The van der Waals surface area contributed by atoms with Crippen molar-refractivity contribution in [1.29, 1.82) is 0 Å². The number of para-hydroxylation sites is 1. The number of hydrogen-bond donors (Lipinski definition) is 1. The molecule has 0 bridgehead atoms. The van der Waals surface area contributed by atoms with Crippen LogP contribution in [0.3, 0.4) is 0 Å². The first-order chi connectivity index (χ1) is 15.4. The molecule has 1 aromatic heterocycles. The van der Waals surface area contributed by atoms with E-state index in [4.69, 9.17) is 16.6 Å². The molecule has 0 fully saturated rings. The molecule has 0 unspecified atom stereocenters. The van der Waals surface area contributed by atoms with Crippen LogP contribution in [0.1, 0.15) is 16.7 Å². The molecule has 0 saturated carbocycles. The van der Waals surface area contributed by atoms with E-state index in [0.717, 1.165) is 22.4 Å². The molecule has 3 aromatic carbocycles. The van der Waals surface area contributed by atoms with Gasteiger partial charge in [-0.15, -0.1) is 0 Å². The first-order valence-electron chi connectivity index (χ1n) is 10.1. The Morgan fingerprint density at radius 1 is 1.03 bits per heavy atom. The normalized spacial score (nSPS) is 11.0. The number of carbonyl (C=O) groups is 1. The van der Waals surface area contributed by atoms with Crippen molar-refractivity contribution in [3.05, 3.63) is 98.8 Å². The molecule has 32 heavy (non-hydrogen) atoms. The third-order valence-electron chi connectivity index (χ3n) is 4.92. The number of rotatable bonds is 6. The number of hydrogen-bond acceptors (Lipinski definition) is 4. The van der Waals surface area contributed by atoms with Crippen LogP contribution in [0.2, 0.25) is 5.02 Å². The third-order valence-corrected chi connectivity index (χ3v) is 6.09. The third kappa shape index (κ3) is 5.03. The molecule has 4 aromatic rings. The van der Waals surface area contributed by atoms with Crippen LogP contribution in [-0.2, 0) is 11.3 Å². The molecule has 0 spiro atoms. The Morgan fingerprint density at radius 3 is 2.53 bits per heavy atom. The number of thioether (sulfide) groups is 1. The zero-order valence-corrected chi connectivity index (χ0v) is 19.3. The largest absolute Gasteiger partial charge is 0.351 e. The number of fused-ring (bicyclic) bond motifs is 1. The van der Waals surface area contributed by atoms with E-state index in [-0.39, 0.29) is 17.2 Å². The topological polar surface area (TPSA) is 64.0 Å². The van der Waals surface area contributed by atoms with Crippen molar-refractivity contribution >= 4 is 40.2 Å². The second-order valence-electron chi connectivity index (χ2n) is 7.59. The molecule has 7 heteroatoms. The van der Waals surface area contributed by atoms with Crippen molar-refractivity contribution in [2.75, 3.05) is 5.75 Å². The Morgan fingerprint density at radius 2 is 1.78 bits per heavy atom. The molecule has 1 heterocycles. The van der Waals surface area contributed by atoms with Gasteiger partial charge >= 0.3 is 0 Å². The Kier molecular flexibility index (Phi) is 6.63. The van der Waals surface area contributed by atoms with Gasteiger partial charge in [0.1, 0.15) is 0 Å². The summed E-state index contributed by atoms with van der Waals surface area (Å²) in [5.41, 5.74) is 4.23. The summed E-state index contributed by atoms with van der Waals surface area (Å²) in [6.07, 6.45) is 0. The summed E-state index contributed by atoms with van der Waals surface area (Å²) < 4.78 is 1.59. The van der Waals surface area contributed by atoms with E-state index >= 15 is 0 Å². The smallest absolute Gasteiger partial charge is 0.266 e. The number of benzene rings is 3. The summed E-state index contributed by atoms with van der Waals surface area (Å²) in [4.78, 5) is 30.6. The number of halogens is 1. The SMILES string of the molecule is Cc1cc(C)cc(-n2c(SCC(=O)NCc3cccc(Cl)c3)nc3ccccc3c2=O)c1. The fourth-order valence-electron chi connectivity index (χ4n) is 3.55. The Labute approximate surface area is 195 Å². The van der Waals surface area contributed by atoms with Crippen LogP contribution in [0.25, 0.3) is 16.6 Å². The van der Waals surface area contributed by atoms with Gasteiger partial charge in [0.15, 0.2) is 5.16 Å². The molecule has 1 N–H and O–H groups in total. The lowest BCUT2D eigenvalue weighted by molar-refractivity contribution is -0.118. The van der Waals surface area contributed by atoms with Gasteiger partial charge in [-0.25, -0.2) is 4.98 Å². The van der Waals surface area contributed by atoms with Crippen LogP contribution in [0, 0.1) is 13.8 Å². The average Bonchev–Trinajstić information content (AvgIpc) is 2.75. The quantitative estimate of drug-likeness (QED) is 0.320. The summed E-state index contributed by atoms with van der Waals surface area (Å²) in [5.74, 6) is -0.0137. The van der Waals surface area contributed by atoms with Crippen molar-refractivity contribution in [3.8, 4) is 5.69 Å². The van der Waals surface area contributed by atoms with Gasteiger partial charge in [0, 0.05) is 11.6 Å². The van der Waals surface area contributed by atoms with Crippen molar-refractivity contribution in [2.45, 2.75) is 25.5 Å². The average molecular weight is 464 g/mol. The number of amides is 1.